The summed E-state index contributed by atoms with van der Waals surface area (Å²) in [5.41, 5.74) is 9.58. The number of benzene rings is 6. The summed E-state index contributed by atoms with van der Waals surface area (Å²) in [7, 11) is 1.49. The number of aliphatic hydroxyl groups is 6. The number of hydrogen-bond acceptors (Lipinski definition) is 29. The SMILES string of the molecule is CCCCc1ccc(CNCC(=O)N[C@@]2(C)C[C@H](O[C@H]3[C@H](Oc4c5cc6cc4Oc4ccc(cc4Cl)[C@@H](O)[C@@H](NC(=O)[C@@H](CC(C)C)NC)C(=O)N[C@@H](CC(N)=O)C(=O)N[C@H]6C(=O)N[C@H]4C(=O)N[C@H](C(=O)N[C@H](C(=O)NC(C)C67CC8CC(CC(C8)C6)C7)c6cc(O)cc(O)c6-c6cc4ccc6O)[C@H](O[C@H]4C[C@](C)(N)[C@@H](O)[C@H](C)O4)c4ccc(cc4)O5)O[C@H](CO)[C@@H](O)[C@@H]3O)O[C@@H](C)[C@@H]2O)cc1. The quantitative estimate of drug-likeness (QED) is 0.0372. The molecule has 7 fully saturated rings. The highest BCUT2D eigenvalue weighted by atomic mass is 35.5. The minimum atomic E-state index is -2.36. The maximum Gasteiger partial charge on any atom is 0.248 e. The number of nitrogens with two attached hydrogens (primary N) is 2. The largest absolute Gasteiger partial charge is 0.508 e. The number of primary amides is 1. The summed E-state index contributed by atoms with van der Waals surface area (Å²) >= 11 is 7.28. The Morgan fingerprint density at radius 3 is 1.92 bits per heavy atom. The molecule has 8 heterocycles. The highest BCUT2D eigenvalue weighted by Crippen LogP contribution is 2.62. The number of amides is 9. The van der Waals surface area contributed by atoms with Gasteiger partial charge in [-0.15, -0.1) is 0 Å². The second kappa shape index (κ2) is 41.6. The molecule has 23 atom stereocenters. The number of halogens is 1. The number of aryl methyl sites for hydroxylation is 1. The number of hydrogen-bond donors (Lipinski definition) is 21. The Balaban J connectivity index is 0.899. The molecule has 9 amide bonds. The maximum absolute atomic E-state index is 16.8. The Kier molecular flexibility index (Phi) is 30.5. The molecule has 12 aliphatic rings. The van der Waals surface area contributed by atoms with Crippen LogP contribution in [0.3, 0.4) is 0 Å². The van der Waals surface area contributed by atoms with E-state index in [4.69, 9.17) is 61.0 Å². The first-order valence-corrected chi connectivity index (χ1v) is 47.2. The molecular weight excluding hydrogens is 1800 g/mol. The smallest absolute Gasteiger partial charge is 0.248 e. The fourth-order valence-electron chi connectivity index (χ4n) is 21.4. The number of aliphatic hydroxyl groups excluding tert-OH is 6. The van der Waals surface area contributed by atoms with Gasteiger partial charge in [0.25, 0.3) is 0 Å². The van der Waals surface area contributed by atoms with Crippen molar-refractivity contribution in [2.24, 2.45) is 40.6 Å². The Hall–Kier alpha value is -10.9. The molecule has 8 aliphatic heterocycles. The predicted molar refractivity (Wildman–Crippen MR) is 492 cm³/mol. The molecule has 4 aliphatic carbocycles. The van der Waals surface area contributed by atoms with Gasteiger partial charge in [-0.1, -0.05) is 87.3 Å². The van der Waals surface area contributed by atoms with Crippen molar-refractivity contribution in [3.05, 3.63) is 153 Å². The summed E-state index contributed by atoms with van der Waals surface area (Å²) in [4.78, 5) is 139. The minimum absolute atomic E-state index is 0.0158. The maximum atomic E-state index is 16.8. The van der Waals surface area contributed by atoms with Crippen LogP contribution in [-0.2, 0) is 79.8 Å². The third kappa shape index (κ3) is 22.1. The number of phenolic OH excluding ortho intramolecular Hbond substituents is 3. The van der Waals surface area contributed by atoms with Gasteiger partial charge >= 0.3 is 0 Å². The Morgan fingerprint density at radius 1 is 0.650 bits per heavy atom. The van der Waals surface area contributed by atoms with E-state index in [1.807, 2.05) is 45.0 Å². The summed E-state index contributed by atoms with van der Waals surface area (Å²) in [5, 5.41) is 136. The Bertz CT molecular complexity index is 5450. The average molecular weight is 1920 g/mol. The molecule has 0 aromatic heterocycles. The molecule has 740 valence electrons. The van der Waals surface area contributed by atoms with Crippen molar-refractivity contribution in [1.29, 1.82) is 0 Å². The van der Waals surface area contributed by atoms with E-state index in [1.165, 1.54) is 75.0 Å². The van der Waals surface area contributed by atoms with Crippen LogP contribution in [0.5, 0.6) is 46.0 Å². The molecule has 0 spiro atoms. The second-order valence-corrected chi connectivity index (χ2v) is 39.7. The third-order valence-electron chi connectivity index (χ3n) is 28.3. The van der Waals surface area contributed by atoms with Gasteiger partial charge in [-0.25, -0.2) is 0 Å². The molecule has 15 bridgehead atoms. The number of rotatable bonds is 25. The standard InChI is InChI=1S/C98H125ClN12O26/c1-10-11-12-48-13-15-49(16-14-48)41-103-42-71(117)111-97(8)40-73(131-46(5)87(97)122)136-85-82(120)81(119)69(43-112)134-95(85)137-84-67-31-56-32-68(84)133-66-24-20-55(30-61(66)99)80(118)78(109-88(123)62(102-9)25-44(2)3)93(128)105-63(35-70(100)116)89(124)106-76(56)91(126)107-75-54-19-23-64(114)59(29-54)74-60(33-57(113)34-65(74)115)77(92(127)104-47(6)98-36-50-26-51(37-98)28-52(27-50)38-98)108-94(129)79(110-90(75)125)83(53-17-21-58(132-67)22-18-53)135-72-39-96(7,101)86(121)45(4)130-72/h13-24,29-34,44-47,50-52,62-63,69,72-73,75-83,85-87,95,102-103,112-115,118-122H,10-12,25-28,35-43,101H2,1-9H3,(H2,100,116)(H,104,127)(H,105,128)(H,106,124)(H,107,126)(H,108,129)(H,109,123)(H,110,125)(H,111,117)/t45-,46-,47?,50?,51?,52?,62+,63-,69+,72-,73-,75+,76+,77-,78+,79-,80+,81+,82-,83+,85+,86-,87-,95-,96-,97-,98?/m0/s1. The Labute approximate surface area is 796 Å². The normalized spacial score (nSPS) is 32.4. The fourth-order valence-corrected chi connectivity index (χ4v) is 21.6. The number of unbranched alkanes of at least 4 members (excludes halogenated alkanes) is 1. The number of phenols is 3. The van der Waals surface area contributed by atoms with E-state index in [0.29, 0.717) is 24.3 Å². The molecule has 6 aromatic rings. The lowest BCUT2D eigenvalue weighted by molar-refractivity contribution is -0.334. The van der Waals surface area contributed by atoms with E-state index in [2.05, 4.69) is 60.1 Å². The van der Waals surface area contributed by atoms with Gasteiger partial charge in [0.2, 0.25) is 65.2 Å². The van der Waals surface area contributed by atoms with E-state index >= 15 is 28.8 Å². The number of aromatic hydroxyl groups is 3. The predicted octanol–water partition coefficient (Wildman–Crippen LogP) is 4.62. The van der Waals surface area contributed by atoms with Crippen molar-refractivity contribution in [2.75, 3.05) is 20.2 Å². The zero-order chi connectivity index (χ0) is 98.3. The average Bonchev–Trinajstić information content (AvgIpc) is 0.732. The zero-order valence-corrected chi connectivity index (χ0v) is 78.4. The van der Waals surface area contributed by atoms with Gasteiger partial charge in [0.1, 0.15) is 102 Å². The molecule has 18 rings (SSSR count). The summed E-state index contributed by atoms with van der Waals surface area (Å²) in [6.45, 7) is 12.9. The number of ether oxygens (including phenoxy) is 8. The van der Waals surface area contributed by atoms with Crippen LogP contribution in [0.1, 0.15) is 202 Å². The highest BCUT2D eigenvalue weighted by Gasteiger charge is 2.57. The van der Waals surface area contributed by atoms with Gasteiger partial charge in [-0.2, -0.15) is 0 Å². The fraction of sp³-hybridized carbons (Fsp3) is 0.541. The second-order valence-electron chi connectivity index (χ2n) is 39.3. The molecule has 39 heteroatoms. The molecule has 3 saturated heterocycles. The van der Waals surface area contributed by atoms with Crippen LogP contribution in [0.2, 0.25) is 5.02 Å². The van der Waals surface area contributed by atoms with Gasteiger partial charge in [0.05, 0.1) is 54.5 Å². The molecule has 6 aromatic carbocycles. The van der Waals surface area contributed by atoms with Crippen LogP contribution in [0.25, 0.3) is 11.1 Å². The molecule has 0 radical (unpaired) electrons. The van der Waals surface area contributed by atoms with Crippen molar-refractivity contribution in [2.45, 2.75) is 285 Å². The van der Waals surface area contributed by atoms with Crippen molar-refractivity contribution in [3.8, 4) is 57.1 Å². The lowest BCUT2D eigenvalue weighted by Gasteiger charge is -2.59. The van der Waals surface area contributed by atoms with Gasteiger partial charge in [0.15, 0.2) is 30.2 Å². The monoisotopic (exact) mass is 1920 g/mol. The van der Waals surface area contributed by atoms with Gasteiger partial charge in [0, 0.05) is 48.2 Å². The molecule has 137 heavy (non-hydrogen) atoms. The first kappa shape index (κ1) is 101. The van der Waals surface area contributed by atoms with Gasteiger partial charge < -0.3 is 148 Å². The Morgan fingerprint density at radius 2 is 1.28 bits per heavy atom. The van der Waals surface area contributed by atoms with E-state index < -0.39 is 246 Å². The summed E-state index contributed by atoms with van der Waals surface area (Å²) < 4.78 is 53.5. The first-order valence-electron chi connectivity index (χ1n) is 46.8. The summed E-state index contributed by atoms with van der Waals surface area (Å²) in [6.07, 6.45) is -14.6. The number of carbonyl (C=O) groups is 9. The van der Waals surface area contributed by atoms with E-state index in [1.54, 1.807) is 13.8 Å². The minimum Gasteiger partial charge on any atom is -0.508 e. The number of fused-ring (bicyclic) bond motifs is 15. The van der Waals surface area contributed by atoms with Crippen LogP contribution in [0.15, 0.2) is 109 Å². The topological polar surface area (TPSA) is 582 Å². The molecule has 1 unspecified atom stereocenters. The summed E-state index contributed by atoms with van der Waals surface area (Å²) in [5.74, 6) is -13.2. The summed E-state index contributed by atoms with van der Waals surface area (Å²) in [6, 6.07) is 10.4. The van der Waals surface area contributed by atoms with E-state index in [9.17, 15) is 60.3 Å². The van der Waals surface area contributed by atoms with Crippen LogP contribution in [0.4, 0.5) is 0 Å². The lowest BCUT2D eigenvalue weighted by Crippen LogP contribution is -2.66. The third-order valence-corrected chi connectivity index (χ3v) is 28.6. The zero-order valence-electron chi connectivity index (χ0n) is 77.6. The number of likely N-dealkylation sites (N-methyl/N-ethyl adjacent to an activating group) is 1. The van der Waals surface area contributed by atoms with E-state index in [0.717, 1.165) is 99.7 Å². The van der Waals surface area contributed by atoms with Gasteiger partial charge in [-0.3, -0.25) is 43.2 Å². The number of carbonyl (C=O) groups excluding carboxylic acids is 9. The van der Waals surface area contributed by atoms with Gasteiger partial charge in [-0.05, 0) is 222 Å². The van der Waals surface area contributed by atoms with Crippen LogP contribution >= 0.6 is 11.6 Å². The first-order chi connectivity index (χ1) is 65.1. The highest BCUT2D eigenvalue weighted by molar-refractivity contribution is 6.32. The van der Waals surface area contributed by atoms with Crippen molar-refractivity contribution in [3.63, 3.8) is 0 Å². The lowest BCUT2D eigenvalue weighted by atomic mass is 9.48. The van der Waals surface area contributed by atoms with Crippen LogP contribution in [0, 0.1) is 29.1 Å². The van der Waals surface area contributed by atoms with Crippen molar-refractivity contribution < 1.29 is 127 Å². The van der Waals surface area contributed by atoms with Crippen molar-refractivity contribution in [1.82, 2.24) is 53.2 Å². The van der Waals surface area contributed by atoms with Crippen LogP contribution < -0.4 is 78.8 Å². The van der Waals surface area contributed by atoms with Crippen LogP contribution in [-0.4, -0.2) is 228 Å². The molecule has 4 saturated carbocycles. The molecular formula is C98H125ClN12O26. The molecule has 38 nitrogen and oxygen atoms in total. The number of nitrogens with one attached hydrogen (secondary N) is 10. The van der Waals surface area contributed by atoms with E-state index in [-0.39, 0.29) is 87.0 Å². The molecule has 23 N–H and O–H groups in total. The van der Waals surface area contributed by atoms with Crippen molar-refractivity contribution >= 4 is 64.8 Å².